The van der Waals surface area contributed by atoms with Crippen LogP contribution in [0, 0.1) is 18.2 Å². The number of halogens is 7. The van der Waals surface area contributed by atoms with Gasteiger partial charge in [0.15, 0.2) is 0 Å². The summed E-state index contributed by atoms with van der Waals surface area (Å²) in [6, 6.07) is 4.10. The summed E-state index contributed by atoms with van der Waals surface area (Å²) in [7, 11) is -4.55. The summed E-state index contributed by atoms with van der Waals surface area (Å²) in [5, 5.41) is 9.76. The highest BCUT2D eigenvalue weighted by Gasteiger charge is 2.71. The van der Waals surface area contributed by atoms with Crippen molar-refractivity contribution in [1.29, 1.82) is 0 Å². The number of anilines is 1. The molecule has 2 aromatic carbocycles. The van der Waals surface area contributed by atoms with Crippen LogP contribution >= 0.6 is 0 Å². The van der Waals surface area contributed by atoms with Gasteiger partial charge in [-0.1, -0.05) is 12.1 Å². The number of alkyl halides is 6. The van der Waals surface area contributed by atoms with Crippen LogP contribution in [0.15, 0.2) is 47.4 Å². The van der Waals surface area contributed by atoms with E-state index in [1.54, 1.807) is 0 Å². The maximum Gasteiger partial charge on any atom is 0.430 e. The summed E-state index contributed by atoms with van der Waals surface area (Å²) in [5.41, 5.74) is -7.21. The van der Waals surface area contributed by atoms with E-state index in [2.05, 4.69) is 5.92 Å². The number of aliphatic hydroxyl groups is 1. The third-order valence-corrected chi connectivity index (χ3v) is 7.90. The molecule has 1 heterocycles. The Labute approximate surface area is 207 Å². The fourth-order valence-corrected chi connectivity index (χ4v) is 5.87. The van der Waals surface area contributed by atoms with Gasteiger partial charge in [0.2, 0.25) is 0 Å². The van der Waals surface area contributed by atoms with Gasteiger partial charge in [-0.3, -0.25) is 9.10 Å². The largest absolute Gasteiger partial charge is 0.430 e. The third kappa shape index (κ3) is 5.31. The van der Waals surface area contributed by atoms with Gasteiger partial charge in [-0.05, 0) is 48.7 Å². The number of nitrogens with zero attached hydrogens (tertiary/aromatic N) is 1. The molecular formula is C24H20F7NO4S. The van der Waals surface area contributed by atoms with Crippen LogP contribution in [0.4, 0.5) is 36.4 Å². The second-order valence-electron chi connectivity index (χ2n) is 8.44. The molecule has 0 saturated carbocycles. The molecule has 200 valence electrons. The normalized spacial score (nSPS) is 16.7. The van der Waals surface area contributed by atoms with E-state index in [4.69, 9.17) is 6.42 Å². The number of ketones is 1. The molecule has 37 heavy (non-hydrogen) atoms. The molecule has 0 spiro atoms. The van der Waals surface area contributed by atoms with Gasteiger partial charge in [0.25, 0.3) is 15.6 Å². The van der Waals surface area contributed by atoms with Gasteiger partial charge in [0.1, 0.15) is 11.6 Å². The van der Waals surface area contributed by atoms with Gasteiger partial charge in [-0.2, -0.15) is 26.3 Å². The number of carbonyl (C=O) groups is 1. The lowest BCUT2D eigenvalue weighted by Crippen LogP contribution is -2.54. The minimum absolute atomic E-state index is 0.0621. The first-order valence-corrected chi connectivity index (χ1v) is 12.2. The van der Waals surface area contributed by atoms with Gasteiger partial charge in [0.05, 0.1) is 16.6 Å². The Morgan fingerprint density at radius 1 is 1.05 bits per heavy atom. The van der Waals surface area contributed by atoms with Crippen molar-refractivity contribution in [3.8, 4) is 12.3 Å². The summed E-state index contributed by atoms with van der Waals surface area (Å²) in [6.07, 6.45) is -7.71. The summed E-state index contributed by atoms with van der Waals surface area (Å²) < 4.78 is 121. The van der Waals surface area contributed by atoms with Crippen LogP contribution in [-0.4, -0.2) is 37.7 Å². The van der Waals surface area contributed by atoms with Gasteiger partial charge in [-0.25, -0.2) is 12.8 Å². The van der Waals surface area contributed by atoms with E-state index < -0.39 is 56.1 Å². The molecule has 1 aliphatic heterocycles. The fraction of sp³-hybridized carbons (Fsp3) is 0.375. The zero-order valence-electron chi connectivity index (χ0n) is 18.9. The molecule has 0 aromatic heterocycles. The van der Waals surface area contributed by atoms with Gasteiger partial charge in [-0.15, -0.1) is 12.3 Å². The van der Waals surface area contributed by atoms with Crippen LogP contribution in [0.25, 0.3) is 0 Å². The van der Waals surface area contributed by atoms with E-state index in [0.29, 0.717) is 12.1 Å². The molecule has 1 aliphatic rings. The molecule has 0 fully saturated rings. The van der Waals surface area contributed by atoms with E-state index in [0.717, 1.165) is 34.6 Å². The lowest BCUT2D eigenvalue weighted by Gasteiger charge is -2.39. The van der Waals surface area contributed by atoms with E-state index >= 15 is 0 Å². The molecule has 0 radical (unpaired) electrons. The number of aryl methyl sites for hydroxylation is 1. The van der Waals surface area contributed by atoms with Crippen molar-refractivity contribution >= 4 is 21.5 Å². The van der Waals surface area contributed by atoms with Crippen LogP contribution in [0.2, 0.25) is 0 Å². The molecule has 13 heteroatoms. The summed E-state index contributed by atoms with van der Waals surface area (Å²) in [6.45, 7) is 0. The standard InChI is InChI=1S/C24H20F7NO4S/c1-2-3-4-19(33)14-18-9-5-15-13-16(22(34,23(26,27)28)24(29,30)31)6-12-21(15)32(18)37(35,36)20-10-7-17(25)8-11-20/h1,6-8,10-13,18,34H,3-5,9,14H2/t18-/m0/s1. The number of benzene rings is 2. The Morgan fingerprint density at radius 3 is 2.19 bits per heavy atom. The molecule has 5 nitrogen and oxygen atoms in total. The van der Waals surface area contributed by atoms with Crippen LogP contribution in [0.5, 0.6) is 0 Å². The number of carbonyl (C=O) groups excluding carboxylic acids is 1. The third-order valence-electron chi connectivity index (χ3n) is 6.02. The molecule has 0 saturated heterocycles. The predicted molar refractivity (Wildman–Crippen MR) is 118 cm³/mol. The fourth-order valence-electron chi connectivity index (χ4n) is 4.16. The van der Waals surface area contributed by atoms with E-state index in [1.165, 1.54) is 0 Å². The first-order valence-electron chi connectivity index (χ1n) is 10.8. The number of fused-ring (bicyclic) bond motifs is 1. The summed E-state index contributed by atoms with van der Waals surface area (Å²) >= 11 is 0. The van der Waals surface area contributed by atoms with E-state index in [-0.39, 0.29) is 43.4 Å². The van der Waals surface area contributed by atoms with Crippen LogP contribution in [-0.2, 0) is 26.8 Å². The van der Waals surface area contributed by atoms with Gasteiger partial charge >= 0.3 is 12.4 Å². The first-order chi connectivity index (χ1) is 17.0. The van der Waals surface area contributed by atoms with Gasteiger partial charge < -0.3 is 5.11 Å². The molecule has 1 atom stereocenters. The van der Waals surface area contributed by atoms with Crippen molar-refractivity contribution in [2.45, 2.75) is 61.0 Å². The number of terminal acetylenes is 1. The zero-order chi connectivity index (χ0) is 27.8. The predicted octanol–water partition coefficient (Wildman–Crippen LogP) is 5.02. The average molecular weight is 551 g/mol. The van der Waals surface area contributed by atoms with Crippen molar-refractivity contribution in [2.75, 3.05) is 4.31 Å². The minimum atomic E-state index is -6.12. The molecule has 3 rings (SSSR count). The Hall–Kier alpha value is -3.11. The molecule has 1 N–H and O–H groups in total. The highest BCUT2D eigenvalue weighted by molar-refractivity contribution is 7.92. The quantitative estimate of drug-likeness (QED) is 0.388. The molecule has 0 amide bonds. The SMILES string of the molecule is C#CCCC(=O)C[C@@H]1CCc2cc(C(O)(C(F)(F)F)C(F)(F)F)ccc2N1S(=O)(=O)c1ccc(F)cc1. The molecule has 0 bridgehead atoms. The monoisotopic (exact) mass is 551 g/mol. The summed E-state index contributed by atoms with van der Waals surface area (Å²) in [5.74, 6) is 1.13. The number of Topliss-reactive ketones (excluding diaryl/α,β-unsaturated/α-hetero) is 1. The molecule has 0 unspecified atom stereocenters. The summed E-state index contributed by atoms with van der Waals surface area (Å²) in [4.78, 5) is 12.0. The Kier molecular flexibility index (Phi) is 7.68. The van der Waals surface area contributed by atoms with E-state index in [1.807, 2.05) is 0 Å². The number of sulfonamides is 1. The lowest BCUT2D eigenvalue weighted by molar-refractivity contribution is -0.376. The molecule has 0 aliphatic carbocycles. The maximum absolute atomic E-state index is 13.5. The van der Waals surface area contributed by atoms with Crippen molar-refractivity contribution in [3.05, 3.63) is 59.4 Å². The topological polar surface area (TPSA) is 74.7 Å². The highest BCUT2D eigenvalue weighted by Crippen LogP contribution is 2.51. The van der Waals surface area contributed by atoms with Gasteiger partial charge in [0, 0.05) is 24.8 Å². The van der Waals surface area contributed by atoms with Crippen LogP contribution < -0.4 is 4.31 Å². The Balaban J connectivity index is 2.16. The second-order valence-corrected chi connectivity index (χ2v) is 10.3. The highest BCUT2D eigenvalue weighted by atomic mass is 32.2. The van der Waals surface area contributed by atoms with Crippen LogP contribution in [0.1, 0.15) is 36.8 Å². The lowest BCUT2D eigenvalue weighted by atomic mass is 9.87. The molecule has 2 aromatic rings. The number of rotatable bonds is 7. The number of hydrogen-bond donors (Lipinski definition) is 1. The zero-order valence-corrected chi connectivity index (χ0v) is 19.7. The smallest absolute Gasteiger partial charge is 0.369 e. The molecular weight excluding hydrogens is 531 g/mol. The maximum atomic E-state index is 13.5. The first kappa shape index (κ1) is 28.5. The average Bonchev–Trinajstić information content (AvgIpc) is 2.80. The van der Waals surface area contributed by atoms with Crippen molar-refractivity contribution in [1.82, 2.24) is 0 Å². The van der Waals surface area contributed by atoms with Crippen molar-refractivity contribution in [3.63, 3.8) is 0 Å². The van der Waals surface area contributed by atoms with E-state index in [9.17, 15) is 49.1 Å². The minimum Gasteiger partial charge on any atom is -0.369 e. The van der Waals surface area contributed by atoms with Crippen molar-refractivity contribution in [2.24, 2.45) is 0 Å². The second kappa shape index (κ2) is 9.98. The Bertz CT molecular complexity index is 1300. The van der Waals surface area contributed by atoms with Crippen LogP contribution in [0.3, 0.4) is 0 Å². The van der Waals surface area contributed by atoms with Crippen molar-refractivity contribution < 1.29 is 49.1 Å². The number of hydrogen-bond acceptors (Lipinski definition) is 4. The Morgan fingerprint density at radius 2 is 1.65 bits per heavy atom.